The van der Waals surface area contributed by atoms with E-state index in [1.807, 2.05) is 25.1 Å². The molecular weight excluding hydrogens is 216 g/mol. The van der Waals surface area contributed by atoms with E-state index in [0.717, 1.165) is 22.7 Å². The summed E-state index contributed by atoms with van der Waals surface area (Å²) in [5.41, 5.74) is 7.14. The van der Waals surface area contributed by atoms with E-state index in [1.165, 1.54) is 0 Å². The number of rotatable bonds is 4. The first-order valence-corrected chi connectivity index (χ1v) is 5.87. The molecule has 0 aliphatic heterocycles. The van der Waals surface area contributed by atoms with Crippen molar-refractivity contribution in [2.24, 2.45) is 5.73 Å². The molecule has 0 bridgehead atoms. The molecule has 0 saturated heterocycles. The van der Waals surface area contributed by atoms with Crippen LogP contribution in [0.1, 0.15) is 32.6 Å². The molecule has 2 rings (SSSR count). The van der Waals surface area contributed by atoms with E-state index >= 15 is 0 Å². The Morgan fingerprint density at radius 1 is 1.35 bits per heavy atom. The minimum atomic E-state index is -0.0000550. The predicted molar refractivity (Wildman–Crippen MR) is 67.2 cm³/mol. The van der Waals surface area contributed by atoms with Gasteiger partial charge in [0.05, 0.1) is 0 Å². The van der Waals surface area contributed by atoms with E-state index in [0.29, 0.717) is 6.54 Å². The molecule has 1 heterocycles. The zero-order chi connectivity index (χ0) is 12.4. The van der Waals surface area contributed by atoms with Gasteiger partial charge < -0.3 is 14.9 Å². The number of hydrogen-bond acceptors (Lipinski definition) is 4. The van der Waals surface area contributed by atoms with Crippen LogP contribution >= 0.6 is 0 Å². The van der Waals surface area contributed by atoms with Crippen molar-refractivity contribution in [2.75, 3.05) is 6.54 Å². The van der Waals surface area contributed by atoms with Gasteiger partial charge in [-0.25, -0.2) is 4.98 Å². The Labute approximate surface area is 101 Å². The second-order valence-corrected chi connectivity index (χ2v) is 4.50. The van der Waals surface area contributed by atoms with Gasteiger partial charge in [-0.2, -0.15) is 0 Å². The maximum Gasteiger partial charge on any atom is 0.198 e. The lowest BCUT2D eigenvalue weighted by Crippen LogP contribution is -2.22. The molecule has 1 unspecified atom stereocenters. The van der Waals surface area contributed by atoms with Crippen LogP contribution in [-0.4, -0.2) is 17.6 Å². The molecule has 1 atom stereocenters. The van der Waals surface area contributed by atoms with Crippen molar-refractivity contribution in [1.29, 1.82) is 0 Å². The zero-order valence-corrected chi connectivity index (χ0v) is 10.4. The van der Waals surface area contributed by atoms with Crippen molar-refractivity contribution in [3.63, 3.8) is 0 Å². The summed E-state index contributed by atoms with van der Waals surface area (Å²) < 4.78 is 11.3. The minimum absolute atomic E-state index is 0.0000550. The van der Waals surface area contributed by atoms with Crippen LogP contribution in [0.15, 0.2) is 22.6 Å². The molecule has 0 aliphatic rings. The predicted octanol–water partition coefficient (Wildman–Crippen LogP) is 2.68. The molecule has 2 aromatic rings. The van der Waals surface area contributed by atoms with Crippen molar-refractivity contribution >= 4 is 11.1 Å². The van der Waals surface area contributed by atoms with Gasteiger partial charge in [-0.3, -0.25) is 0 Å². The third-order valence-electron chi connectivity index (χ3n) is 2.54. The molecule has 0 radical (unpaired) electrons. The zero-order valence-electron chi connectivity index (χ0n) is 10.4. The van der Waals surface area contributed by atoms with Crippen LogP contribution in [-0.2, 0) is 0 Å². The minimum Gasteiger partial charge on any atom is -0.489 e. The van der Waals surface area contributed by atoms with Gasteiger partial charge in [-0.05, 0) is 19.1 Å². The normalized spacial score (nSPS) is 13.2. The molecule has 0 spiro atoms. The third-order valence-corrected chi connectivity index (χ3v) is 2.54. The summed E-state index contributed by atoms with van der Waals surface area (Å²) in [6, 6.07) is 5.66. The molecule has 92 valence electrons. The fraction of sp³-hybridized carbons (Fsp3) is 0.462. The molecule has 1 aromatic carbocycles. The molecule has 0 aliphatic carbocycles. The van der Waals surface area contributed by atoms with Crippen LogP contribution in [0, 0.1) is 0 Å². The van der Waals surface area contributed by atoms with Gasteiger partial charge in [0.1, 0.15) is 17.4 Å². The first-order valence-electron chi connectivity index (χ1n) is 5.87. The van der Waals surface area contributed by atoms with E-state index in [9.17, 15) is 0 Å². The first-order chi connectivity index (χ1) is 8.10. The van der Waals surface area contributed by atoms with E-state index < -0.39 is 0 Å². The lowest BCUT2D eigenvalue weighted by molar-refractivity contribution is 0.230. The summed E-state index contributed by atoms with van der Waals surface area (Å²) in [6.07, 6.45) is -0.0000550. The molecule has 2 N–H and O–H groups in total. The summed E-state index contributed by atoms with van der Waals surface area (Å²) >= 11 is 0. The lowest BCUT2D eigenvalue weighted by Gasteiger charge is -2.11. The Bertz CT molecular complexity index is 505. The average Bonchev–Trinajstić information content (AvgIpc) is 2.72. The smallest absolute Gasteiger partial charge is 0.198 e. The van der Waals surface area contributed by atoms with Gasteiger partial charge in [-0.15, -0.1) is 0 Å². The number of oxazole rings is 1. The van der Waals surface area contributed by atoms with Crippen molar-refractivity contribution in [2.45, 2.75) is 32.8 Å². The fourth-order valence-corrected chi connectivity index (χ4v) is 1.52. The standard InChI is InChI=1S/C13H18N2O2/c1-8(2)13-15-11-5-4-10(6-12(11)17-13)16-9(3)7-14/h4-6,8-9H,7,14H2,1-3H3. The van der Waals surface area contributed by atoms with E-state index in [1.54, 1.807) is 0 Å². The number of nitrogens with zero attached hydrogens (tertiary/aromatic N) is 1. The molecular formula is C13H18N2O2. The SMILES string of the molecule is CC(CN)Oc1ccc2nc(C(C)C)oc2c1. The molecule has 0 saturated carbocycles. The van der Waals surface area contributed by atoms with Crippen molar-refractivity contribution in [1.82, 2.24) is 4.98 Å². The quantitative estimate of drug-likeness (QED) is 0.883. The largest absolute Gasteiger partial charge is 0.489 e. The van der Waals surface area contributed by atoms with Gasteiger partial charge in [0.15, 0.2) is 11.5 Å². The highest BCUT2D eigenvalue weighted by Gasteiger charge is 2.10. The number of ether oxygens (including phenoxy) is 1. The van der Waals surface area contributed by atoms with Crippen molar-refractivity contribution in [3.05, 3.63) is 24.1 Å². The summed E-state index contributed by atoms with van der Waals surface area (Å²) in [6.45, 7) is 6.53. The number of hydrogen-bond donors (Lipinski definition) is 1. The number of fused-ring (bicyclic) bond motifs is 1. The Morgan fingerprint density at radius 2 is 2.12 bits per heavy atom. The summed E-state index contributed by atoms with van der Waals surface area (Å²) in [4.78, 5) is 4.41. The summed E-state index contributed by atoms with van der Waals surface area (Å²) in [7, 11) is 0. The second-order valence-electron chi connectivity index (χ2n) is 4.50. The van der Waals surface area contributed by atoms with E-state index in [2.05, 4.69) is 18.8 Å². The topological polar surface area (TPSA) is 61.3 Å². The average molecular weight is 234 g/mol. The number of benzene rings is 1. The first kappa shape index (κ1) is 11.9. The highest BCUT2D eigenvalue weighted by molar-refractivity contribution is 5.74. The Kier molecular flexibility index (Phi) is 3.33. The molecule has 4 heteroatoms. The second kappa shape index (κ2) is 4.75. The van der Waals surface area contributed by atoms with E-state index in [-0.39, 0.29) is 12.0 Å². The van der Waals surface area contributed by atoms with Crippen LogP contribution in [0.2, 0.25) is 0 Å². The molecule has 0 fully saturated rings. The van der Waals surface area contributed by atoms with Crippen LogP contribution in [0.5, 0.6) is 5.75 Å². The summed E-state index contributed by atoms with van der Waals surface area (Å²) in [5.74, 6) is 1.81. The number of aromatic nitrogens is 1. The van der Waals surface area contributed by atoms with Crippen LogP contribution < -0.4 is 10.5 Å². The fourth-order valence-electron chi connectivity index (χ4n) is 1.52. The van der Waals surface area contributed by atoms with Crippen LogP contribution in [0.3, 0.4) is 0 Å². The van der Waals surface area contributed by atoms with Gasteiger partial charge in [0.2, 0.25) is 0 Å². The van der Waals surface area contributed by atoms with Crippen LogP contribution in [0.4, 0.5) is 0 Å². The van der Waals surface area contributed by atoms with Gasteiger partial charge in [0.25, 0.3) is 0 Å². The Hall–Kier alpha value is -1.55. The van der Waals surface area contributed by atoms with Crippen LogP contribution in [0.25, 0.3) is 11.1 Å². The van der Waals surface area contributed by atoms with Crippen molar-refractivity contribution < 1.29 is 9.15 Å². The summed E-state index contributed by atoms with van der Waals surface area (Å²) in [5, 5.41) is 0. The Morgan fingerprint density at radius 3 is 2.76 bits per heavy atom. The maximum atomic E-state index is 5.66. The monoisotopic (exact) mass is 234 g/mol. The maximum absolute atomic E-state index is 5.66. The van der Waals surface area contributed by atoms with Gasteiger partial charge in [-0.1, -0.05) is 13.8 Å². The van der Waals surface area contributed by atoms with Gasteiger partial charge in [0, 0.05) is 18.5 Å². The molecule has 17 heavy (non-hydrogen) atoms. The highest BCUT2D eigenvalue weighted by atomic mass is 16.5. The van der Waals surface area contributed by atoms with Crippen molar-refractivity contribution in [3.8, 4) is 5.75 Å². The Balaban J connectivity index is 2.30. The van der Waals surface area contributed by atoms with E-state index in [4.69, 9.17) is 14.9 Å². The molecule has 4 nitrogen and oxygen atoms in total. The molecule has 1 aromatic heterocycles. The molecule has 0 amide bonds. The lowest BCUT2D eigenvalue weighted by atomic mass is 10.2. The highest BCUT2D eigenvalue weighted by Crippen LogP contribution is 2.25. The number of nitrogens with two attached hydrogens (primary N) is 1. The third kappa shape index (κ3) is 2.58. The van der Waals surface area contributed by atoms with Gasteiger partial charge >= 0.3 is 0 Å².